The molecule has 0 fully saturated rings. The van der Waals surface area contributed by atoms with Crippen LogP contribution in [-0.4, -0.2) is 22.7 Å². The van der Waals surface area contributed by atoms with Crippen molar-refractivity contribution in [2.24, 2.45) is 0 Å². The van der Waals surface area contributed by atoms with Gasteiger partial charge in [0.1, 0.15) is 0 Å². The monoisotopic (exact) mass is 136 g/mol. The SMILES string of the molecule is CC(CC(C)OO)OO. The van der Waals surface area contributed by atoms with Gasteiger partial charge in [-0.05, 0) is 13.8 Å². The molecular formula is C5H12O4. The van der Waals surface area contributed by atoms with Crippen LogP contribution in [0.15, 0.2) is 0 Å². The third-order valence-corrected chi connectivity index (χ3v) is 1.02. The van der Waals surface area contributed by atoms with Gasteiger partial charge in [0.15, 0.2) is 0 Å². The van der Waals surface area contributed by atoms with Crippen LogP contribution in [0.2, 0.25) is 0 Å². The van der Waals surface area contributed by atoms with Crippen LogP contribution in [0.4, 0.5) is 0 Å². The minimum Gasteiger partial charge on any atom is -0.252 e. The molecule has 9 heavy (non-hydrogen) atoms. The molecule has 0 bridgehead atoms. The number of hydrogen-bond donors (Lipinski definition) is 2. The quantitative estimate of drug-likeness (QED) is 0.449. The first-order valence-electron chi connectivity index (χ1n) is 2.81. The molecule has 0 amide bonds. The molecule has 0 saturated heterocycles. The molecule has 0 rings (SSSR count). The highest BCUT2D eigenvalue weighted by Crippen LogP contribution is 2.01. The van der Waals surface area contributed by atoms with Crippen molar-refractivity contribution in [1.29, 1.82) is 0 Å². The fourth-order valence-electron chi connectivity index (χ4n) is 0.554. The molecule has 0 aromatic carbocycles. The van der Waals surface area contributed by atoms with Crippen molar-refractivity contribution in [3.8, 4) is 0 Å². The average Bonchev–Trinajstić information content (AvgIpc) is 1.87. The molecule has 0 radical (unpaired) electrons. The molecule has 0 heterocycles. The minimum absolute atomic E-state index is 0.299. The molecular weight excluding hydrogens is 124 g/mol. The fourth-order valence-corrected chi connectivity index (χ4v) is 0.554. The maximum absolute atomic E-state index is 8.04. The van der Waals surface area contributed by atoms with Crippen LogP contribution >= 0.6 is 0 Å². The van der Waals surface area contributed by atoms with Crippen molar-refractivity contribution in [3.05, 3.63) is 0 Å². The molecule has 2 unspecified atom stereocenters. The van der Waals surface area contributed by atoms with E-state index >= 15 is 0 Å². The van der Waals surface area contributed by atoms with E-state index in [1.807, 2.05) is 0 Å². The van der Waals surface area contributed by atoms with E-state index in [4.69, 9.17) is 10.5 Å². The third kappa shape index (κ3) is 4.35. The summed E-state index contributed by atoms with van der Waals surface area (Å²) in [5.41, 5.74) is 0. The van der Waals surface area contributed by atoms with Gasteiger partial charge in [-0.2, -0.15) is 0 Å². The van der Waals surface area contributed by atoms with Crippen LogP contribution in [0, 0.1) is 0 Å². The average molecular weight is 136 g/mol. The first-order chi connectivity index (χ1) is 4.20. The molecule has 0 aliphatic heterocycles. The lowest BCUT2D eigenvalue weighted by Gasteiger charge is -2.10. The lowest BCUT2D eigenvalue weighted by molar-refractivity contribution is -0.306. The second-order valence-corrected chi connectivity index (χ2v) is 2.07. The molecule has 4 heteroatoms. The molecule has 0 spiro atoms. The topological polar surface area (TPSA) is 58.9 Å². The van der Waals surface area contributed by atoms with Crippen LogP contribution in [0.3, 0.4) is 0 Å². The number of rotatable bonds is 4. The van der Waals surface area contributed by atoms with Gasteiger partial charge in [0.2, 0.25) is 0 Å². The van der Waals surface area contributed by atoms with Gasteiger partial charge in [0.25, 0.3) is 0 Å². The highest BCUT2D eigenvalue weighted by molar-refractivity contribution is 4.53. The third-order valence-electron chi connectivity index (χ3n) is 1.02. The van der Waals surface area contributed by atoms with E-state index in [-0.39, 0.29) is 12.2 Å². The van der Waals surface area contributed by atoms with Crippen molar-refractivity contribution in [2.45, 2.75) is 32.5 Å². The van der Waals surface area contributed by atoms with Crippen LogP contribution < -0.4 is 0 Å². The summed E-state index contributed by atoms with van der Waals surface area (Å²) in [7, 11) is 0. The van der Waals surface area contributed by atoms with E-state index in [1.54, 1.807) is 13.8 Å². The minimum atomic E-state index is -0.299. The molecule has 4 nitrogen and oxygen atoms in total. The summed E-state index contributed by atoms with van der Waals surface area (Å²) >= 11 is 0. The van der Waals surface area contributed by atoms with Crippen LogP contribution in [-0.2, 0) is 9.78 Å². The standard InChI is InChI=1S/C5H12O4/c1-4(8-6)3-5(2)9-7/h4-7H,3H2,1-2H3. The van der Waals surface area contributed by atoms with E-state index in [0.29, 0.717) is 6.42 Å². The smallest absolute Gasteiger partial charge is 0.0925 e. The Morgan fingerprint density at radius 1 is 1.11 bits per heavy atom. The van der Waals surface area contributed by atoms with E-state index in [1.165, 1.54) is 0 Å². The highest BCUT2D eigenvalue weighted by atomic mass is 17.1. The van der Waals surface area contributed by atoms with E-state index < -0.39 is 0 Å². The summed E-state index contributed by atoms with van der Waals surface area (Å²) in [5.74, 6) is 0. The zero-order valence-electron chi connectivity index (χ0n) is 5.57. The van der Waals surface area contributed by atoms with Crippen molar-refractivity contribution in [2.75, 3.05) is 0 Å². The van der Waals surface area contributed by atoms with E-state index in [0.717, 1.165) is 0 Å². The van der Waals surface area contributed by atoms with Gasteiger partial charge >= 0.3 is 0 Å². The van der Waals surface area contributed by atoms with Crippen molar-refractivity contribution >= 4 is 0 Å². The Labute approximate surface area is 53.9 Å². The van der Waals surface area contributed by atoms with Gasteiger partial charge in [0, 0.05) is 6.42 Å². The summed E-state index contributed by atoms with van der Waals surface area (Å²) in [6, 6.07) is 0. The summed E-state index contributed by atoms with van der Waals surface area (Å²) < 4.78 is 0. The lowest BCUT2D eigenvalue weighted by Crippen LogP contribution is -2.15. The molecule has 0 aromatic rings. The van der Waals surface area contributed by atoms with E-state index in [9.17, 15) is 0 Å². The first kappa shape index (κ1) is 8.84. The van der Waals surface area contributed by atoms with Gasteiger partial charge in [-0.15, -0.1) is 0 Å². The molecule has 0 aliphatic rings. The Morgan fingerprint density at radius 2 is 1.44 bits per heavy atom. The molecule has 2 atom stereocenters. The normalized spacial score (nSPS) is 17.3. The number of hydrogen-bond acceptors (Lipinski definition) is 4. The maximum atomic E-state index is 8.04. The Kier molecular flexibility index (Phi) is 4.61. The molecule has 56 valence electrons. The van der Waals surface area contributed by atoms with E-state index in [2.05, 4.69) is 9.78 Å². The van der Waals surface area contributed by atoms with Gasteiger partial charge in [-0.3, -0.25) is 10.5 Å². The van der Waals surface area contributed by atoms with Crippen LogP contribution in [0.1, 0.15) is 20.3 Å². The highest BCUT2D eigenvalue weighted by Gasteiger charge is 2.07. The summed E-state index contributed by atoms with van der Waals surface area (Å²) in [4.78, 5) is 7.86. The zero-order chi connectivity index (χ0) is 7.28. The van der Waals surface area contributed by atoms with Crippen molar-refractivity contribution in [1.82, 2.24) is 0 Å². The Morgan fingerprint density at radius 3 is 1.67 bits per heavy atom. The largest absolute Gasteiger partial charge is 0.252 e. The molecule has 0 saturated carbocycles. The second kappa shape index (κ2) is 4.69. The Hall–Kier alpha value is -0.160. The van der Waals surface area contributed by atoms with Gasteiger partial charge in [-0.1, -0.05) is 0 Å². The molecule has 0 aliphatic carbocycles. The van der Waals surface area contributed by atoms with Crippen LogP contribution in [0.5, 0.6) is 0 Å². The van der Waals surface area contributed by atoms with Crippen LogP contribution in [0.25, 0.3) is 0 Å². The zero-order valence-corrected chi connectivity index (χ0v) is 5.57. The van der Waals surface area contributed by atoms with Crippen molar-refractivity contribution in [3.63, 3.8) is 0 Å². The Bertz CT molecular complexity index is 58.0. The van der Waals surface area contributed by atoms with Crippen molar-refractivity contribution < 1.29 is 20.3 Å². The molecule has 2 N–H and O–H groups in total. The Balaban J connectivity index is 3.22. The maximum Gasteiger partial charge on any atom is 0.0925 e. The van der Waals surface area contributed by atoms with Gasteiger partial charge in [-0.25, -0.2) is 9.78 Å². The fraction of sp³-hybridized carbons (Fsp3) is 1.00. The summed E-state index contributed by atoms with van der Waals surface area (Å²) in [5, 5.41) is 16.1. The predicted octanol–water partition coefficient (Wildman–Crippen LogP) is 1.13. The summed E-state index contributed by atoms with van der Waals surface area (Å²) in [6.45, 7) is 3.35. The van der Waals surface area contributed by atoms with Gasteiger partial charge < -0.3 is 0 Å². The second-order valence-electron chi connectivity index (χ2n) is 2.07. The predicted molar refractivity (Wildman–Crippen MR) is 31.0 cm³/mol. The first-order valence-corrected chi connectivity index (χ1v) is 2.81. The van der Waals surface area contributed by atoms with Gasteiger partial charge in [0.05, 0.1) is 12.2 Å². The lowest BCUT2D eigenvalue weighted by atomic mass is 10.2. The molecule has 0 aromatic heterocycles. The summed E-state index contributed by atoms with van der Waals surface area (Å²) in [6.07, 6.45) is -0.133.